The minimum absolute atomic E-state index is 0.212. The van der Waals surface area contributed by atoms with Crippen LogP contribution in [0, 0.1) is 20.8 Å². The first-order valence-corrected chi connectivity index (χ1v) is 8.31. The molecule has 1 heterocycles. The van der Waals surface area contributed by atoms with Gasteiger partial charge >= 0.3 is 0 Å². The lowest BCUT2D eigenvalue weighted by molar-refractivity contribution is -0.117. The van der Waals surface area contributed by atoms with Crippen LogP contribution < -0.4 is 10.6 Å². The Morgan fingerprint density at radius 2 is 1.88 bits per heavy atom. The van der Waals surface area contributed by atoms with E-state index in [0.717, 1.165) is 39.0 Å². The molecule has 2 N–H and O–H groups in total. The number of hydrogen-bond acceptors (Lipinski definition) is 4. The zero-order chi connectivity index (χ0) is 18.1. The number of nitrogens with one attached hydrogen (secondary N) is 2. The van der Waals surface area contributed by atoms with Crippen LogP contribution in [0.2, 0.25) is 0 Å². The maximum absolute atomic E-state index is 11.1. The van der Waals surface area contributed by atoms with Crippen LogP contribution in [-0.4, -0.2) is 16.0 Å². The summed E-state index contributed by atoms with van der Waals surface area (Å²) in [4.78, 5) is 15.7. The average molecular weight is 353 g/mol. The van der Waals surface area contributed by atoms with Crippen molar-refractivity contribution in [2.75, 3.05) is 5.32 Å². The van der Waals surface area contributed by atoms with Gasteiger partial charge in [0, 0.05) is 18.2 Å². The SMILES string of the molecule is CC(=O)NC(=S)Nc1cc(-c2nc3cc(C)cc(C)c3o2)ccc1C. The zero-order valence-corrected chi connectivity index (χ0v) is 15.4. The van der Waals surface area contributed by atoms with Gasteiger partial charge in [0.25, 0.3) is 0 Å². The molecule has 0 atom stereocenters. The largest absolute Gasteiger partial charge is 0.436 e. The molecule has 3 aromatic rings. The smallest absolute Gasteiger partial charge is 0.227 e. The molecule has 0 radical (unpaired) electrons. The second kappa shape index (κ2) is 6.64. The highest BCUT2D eigenvalue weighted by molar-refractivity contribution is 7.80. The van der Waals surface area contributed by atoms with Gasteiger partial charge < -0.3 is 15.1 Å². The minimum atomic E-state index is -0.212. The van der Waals surface area contributed by atoms with Gasteiger partial charge in [0.2, 0.25) is 11.8 Å². The molecule has 2 aromatic carbocycles. The molecule has 0 saturated carbocycles. The van der Waals surface area contributed by atoms with Crippen LogP contribution in [0.25, 0.3) is 22.6 Å². The van der Waals surface area contributed by atoms with E-state index in [4.69, 9.17) is 16.6 Å². The molecule has 128 valence electrons. The number of aryl methyl sites for hydroxylation is 3. The van der Waals surface area contributed by atoms with Crippen molar-refractivity contribution in [1.82, 2.24) is 10.3 Å². The summed E-state index contributed by atoms with van der Waals surface area (Å²) >= 11 is 5.13. The molecule has 25 heavy (non-hydrogen) atoms. The molecule has 1 aromatic heterocycles. The first-order chi connectivity index (χ1) is 11.8. The van der Waals surface area contributed by atoms with Crippen molar-refractivity contribution < 1.29 is 9.21 Å². The third-order valence-electron chi connectivity index (χ3n) is 3.84. The minimum Gasteiger partial charge on any atom is -0.436 e. The number of hydrogen-bond donors (Lipinski definition) is 2. The average Bonchev–Trinajstić information content (AvgIpc) is 2.92. The van der Waals surface area contributed by atoms with E-state index in [1.165, 1.54) is 6.92 Å². The molecule has 0 fully saturated rings. The molecular formula is C19H19N3O2S. The maximum atomic E-state index is 11.1. The Labute approximate surface area is 151 Å². The van der Waals surface area contributed by atoms with E-state index in [9.17, 15) is 4.79 Å². The molecule has 0 unspecified atom stereocenters. The van der Waals surface area contributed by atoms with E-state index >= 15 is 0 Å². The Kier molecular flexibility index (Phi) is 4.55. The molecular weight excluding hydrogens is 334 g/mol. The number of aromatic nitrogens is 1. The van der Waals surface area contributed by atoms with Crippen LogP contribution in [0.3, 0.4) is 0 Å². The Hall–Kier alpha value is -2.73. The lowest BCUT2D eigenvalue weighted by Crippen LogP contribution is -2.32. The third kappa shape index (κ3) is 3.69. The fourth-order valence-electron chi connectivity index (χ4n) is 2.70. The number of oxazole rings is 1. The van der Waals surface area contributed by atoms with Gasteiger partial charge in [-0.3, -0.25) is 4.79 Å². The Morgan fingerprint density at radius 1 is 1.12 bits per heavy atom. The van der Waals surface area contributed by atoms with Crippen molar-refractivity contribution in [1.29, 1.82) is 0 Å². The fraction of sp³-hybridized carbons (Fsp3) is 0.211. The number of benzene rings is 2. The molecule has 0 aliphatic heterocycles. The quantitative estimate of drug-likeness (QED) is 0.674. The van der Waals surface area contributed by atoms with Crippen LogP contribution in [0.4, 0.5) is 5.69 Å². The Morgan fingerprint density at radius 3 is 2.60 bits per heavy atom. The number of thiocarbonyl (C=S) groups is 1. The molecule has 6 heteroatoms. The Balaban J connectivity index is 1.98. The van der Waals surface area contributed by atoms with Crippen molar-refractivity contribution in [2.45, 2.75) is 27.7 Å². The number of carbonyl (C=O) groups is 1. The fourth-order valence-corrected chi connectivity index (χ4v) is 2.96. The highest BCUT2D eigenvalue weighted by Gasteiger charge is 2.12. The number of fused-ring (bicyclic) bond motifs is 1. The number of amides is 1. The summed E-state index contributed by atoms with van der Waals surface area (Å²) in [5, 5.41) is 5.85. The predicted molar refractivity (Wildman–Crippen MR) is 104 cm³/mol. The molecule has 0 aliphatic carbocycles. The first kappa shape index (κ1) is 17.1. The first-order valence-electron chi connectivity index (χ1n) is 7.91. The number of carbonyl (C=O) groups excluding carboxylic acids is 1. The number of anilines is 1. The second-order valence-corrected chi connectivity index (χ2v) is 6.52. The summed E-state index contributed by atoms with van der Waals surface area (Å²) in [5.74, 6) is 0.341. The van der Waals surface area contributed by atoms with E-state index in [2.05, 4.69) is 21.7 Å². The van der Waals surface area contributed by atoms with E-state index in [1.54, 1.807) is 0 Å². The predicted octanol–water partition coefficient (Wildman–Crippen LogP) is 4.25. The summed E-state index contributed by atoms with van der Waals surface area (Å²) in [6, 6.07) is 9.91. The summed E-state index contributed by atoms with van der Waals surface area (Å²) in [6.07, 6.45) is 0. The zero-order valence-electron chi connectivity index (χ0n) is 14.6. The van der Waals surface area contributed by atoms with Gasteiger partial charge in [0.05, 0.1) is 0 Å². The monoisotopic (exact) mass is 353 g/mol. The standard InChI is InChI=1S/C19H19N3O2S/c1-10-7-12(3)17-16(8-10)21-18(24-17)14-6-5-11(2)15(9-14)22-19(25)20-13(4)23/h5-9H,1-4H3,(H2,20,22,23,25). The second-order valence-electron chi connectivity index (χ2n) is 6.11. The molecule has 0 spiro atoms. The summed E-state index contributed by atoms with van der Waals surface area (Å²) in [7, 11) is 0. The van der Waals surface area contributed by atoms with Crippen LogP contribution in [-0.2, 0) is 4.79 Å². The van der Waals surface area contributed by atoms with Gasteiger partial charge in [-0.05, 0) is 67.9 Å². The van der Waals surface area contributed by atoms with E-state index in [0.29, 0.717) is 5.89 Å². The van der Waals surface area contributed by atoms with Crippen LogP contribution in [0.15, 0.2) is 34.7 Å². The van der Waals surface area contributed by atoms with Gasteiger partial charge in [0.15, 0.2) is 10.7 Å². The van der Waals surface area contributed by atoms with E-state index in [-0.39, 0.29) is 11.0 Å². The van der Waals surface area contributed by atoms with Gasteiger partial charge in [-0.15, -0.1) is 0 Å². The van der Waals surface area contributed by atoms with Gasteiger partial charge in [-0.25, -0.2) is 4.98 Å². The third-order valence-corrected chi connectivity index (χ3v) is 4.05. The van der Waals surface area contributed by atoms with Gasteiger partial charge in [-0.1, -0.05) is 12.1 Å². The summed E-state index contributed by atoms with van der Waals surface area (Å²) in [5.41, 5.74) is 6.49. The number of rotatable bonds is 2. The summed E-state index contributed by atoms with van der Waals surface area (Å²) in [6.45, 7) is 7.43. The van der Waals surface area contributed by atoms with Crippen molar-refractivity contribution in [3.8, 4) is 11.5 Å². The van der Waals surface area contributed by atoms with Gasteiger partial charge in [-0.2, -0.15) is 0 Å². The number of nitrogens with zero attached hydrogens (tertiary/aromatic N) is 1. The molecule has 0 aliphatic rings. The van der Waals surface area contributed by atoms with E-state index < -0.39 is 0 Å². The van der Waals surface area contributed by atoms with E-state index in [1.807, 2.05) is 45.0 Å². The van der Waals surface area contributed by atoms with Crippen molar-refractivity contribution in [3.63, 3.8) is 0 Å². The highest BCUT2D eigenvalue weighted by atomic mass is 32.1. The maximum Gasteiger partial charge on any atom is 0.227 e. The molecule has 5 nitrogen and oxygen atoms in total. The molecule has 1 amide bonds. The van der Waals surface area contributed by atoms with Crippen LogP contribution in [0.1, 0.15) is 23.6 Å². The summed E-state index contributed by atoms with van der Waals surface area (Å²) < 4.78 is 5.96. The molecule has 0 saturated heterocycles. The van der Waals surface area contributed by atoms with Crippen LogP contribution >= 0.6 is 12.2 Å². The lowest BCUT2D eigenvalue weighted by Gasteiger charge is -2.11. The Bertz CT molecular complexity index is 992. The molecule has 0 bridgehead atoms. The highest BCUT2D eigenvalue weighted by Crippen LogP contribution is 2.29. The van der Waals surface area contributed by atoms with Crippen molar-refractivity contribution in [3.05, 3.63) is 47.0 Å². The van der Waals surface area contributed by atoms with Crippen LogP contribution in [0.5, 0.6) is 0 Å². The van der Waals surface area contributed by atoms with Crippen molar-refractivity contribution >= 4 is 40.0 Å². The van der Waals surface area contributed by atoms with Crippen molar-refractivity contribution in [2.24, 2.45) is 0 Å². The topological polar surface area (TPSA) is 67.2 Å². The van der Waals surface area contributed by atoms with Gasteiger partial charge in [0.1, 0.15) is 5.52 Å². The normalized spacial score (nSPS) is 10.7. The lowest BCUT2D eigenvalue weighted by atomic mass is 10.1. The molecule has 3 rings (SSSR count).